The minimum Gasteiger partial charge on any atom is -0.497 e. The average Bonchev–Trinajstić information content (AvgIpc) is 3.32. The fourth-order valence-electron chi connectivity index (χ4n) is 3.41. The van der Waals surface area contributed by atoms with Gasteiger partial charge in [0.25, 0.3) is 0 Å². The van der Waals surface area contributed by atoms with Gasteiger partial charge < -0.3 is 14.6 Å². The van der Waals surface area contributed by atoms with E-state index in [1.807, 2.05) is 30.3 Å². The topological polar surface area (TPSA) is 133 Å². The number of ketones is 1. The zero-order valence-corrected chi connectivity index (χ0v) is 19.2. The van der Waals surface area contributed by atoms with Crippen LogP contribution in [0.5, 0.6) is 5.75 Å². The highest BCUT2D eigenvalue weighted by molar-refractivity contribution is 6.12. The van der Waals surface area contributed by atoms with Crippen molar-refractivity contribution in [1.82, 2.24) is 15.0 Å². The maximum atomic E-state index is 13.0. The first kappa shape index (κ1) is 24.1. The van der Waals surface area contributed by atoms with Crippen molar-refractivity contribution in [2.45, 2.75) is 13.2 Å². The lowest BCUT2D eigenvalue weighted by Gasteiger charge is -2.08. The number of nitrogens with one attached hydrogen (secondary N) is 1. The average molecular weight is 486 g/mol. The van der Waals surface area contributed by atoms with E-state index in [2.05, 4.69) is 15.6 Å². The summed E-state index contributed by atoms with van der Waals surface area (Å²) in [6.45, 7) is 0.229. The maximum absolute atomic E-state index is 13.0. The van der Waals surface area contributed by atoms with Gasteiger partial charge in [-0.05, 0) is 47.5 Å². The molecule has 0 radical (unpaired) electrons. The Morgan fingerprint density at radius 2 is 1.61 bits per heavy atom. The summed E-state index contributed by atoms with van der Waals surface area (Å²) >= 11 is 0. The number of carboxylic acid groups (broad SMARTS) is 1. The number of aromatic carboxylic acids is 1. The molecule has 2 N–H and O–H groups in total. The van der Waals surface area contributed by atoms with Crippen molar-refractivity contribution in [1.29, 1.82) is 0 Å². The largest absolute Gasteiger partial charge is 0.497 e. The quantitative estimate of drug-likeness (QED) is 0.339. The molecule has 1 heterocycles. The molecule has 0 aliphatic carbocycles. The molecule has 0 atom stereocenters. The Balaban J connectivity index is 1.44. The van der Waals surface area contributed by atoms with E-state index < -0.39 is 17.8 Å². The molecule has 4 aromatic rings. The lowest BCUT2D eigenvalue weighted by Crippen LogP contribution is -2.15. The molecule has 0 unspecified atom stereocenters. The number of carboxylic acids is 1. The van der Waals surface area contributed by atoms with Crippen LogP contribution in [0.4, 0.5) is 10.5 Å². The second kappa shape index (κ2) is 11.0. The van der Waals surface area contributed by atoms with Crippen LogP contribution in [0.1, 0.15) is 37.7 Å². The minimum atomic E-state index is -1.32. The lowest BCUT2D eigenvalue weighted by atomic mass is 10.1. The summed E-state index contributed by atoms with van der Waals surface area (Å²) < 4.78 is 11.5. The SMILES string of the molecule is COc1ccc(Cn2nnc(C(=O)c3ccc(NC(=O)OCc4ccccc4)cc3)c2C(=O)O)cc1. The van der Waals surface area contributed by atoms with E-state index in [4.69, 9.17) is 9.47 Å². The fraction of sp³-hybridized carbons (Fsp3) is 0.115. The molecule has 0 aliphatic rings. The van der Waals surface area contributed by atoms with Gasteiger partial charge in [-0.3, -0.25) is 10.1 Å². The Hall–Kier alpha value is -4.99. The monoisotopic (exact) mass is 486 g/mol. The number of carbonyl (C=O) groups excluding carboxylic acids is 2. The molecule has 0 spiro atoms. The van der Waals surface area contributed by atoms with E-state index in [1.165, 1.54) is 24.3 Å². The highest BCUT2D eigenvalue weighted by atomic mass is 16.5. The summed E-state index contributed by atoms with van der Waals surface area (Å²) in [5.74, 6) is -1.27. The van der Waals surface area contributed by atoms with Crippen molar-refractivity contribution in [3.8, 4) is 5.75 Å². The van der Waals surface area contributed by atoms with Crippen LogP contribution in [0.15, 0.2) is 78.9 Å². The van der Waals surface area contributed by atoms with Gasteiger partial charge in [-0.2, -0.15) is 0 Å². The zero-order valence-electron chi connectivity index (χ0n) is 19.2. The molecular formula is C26H22N4O6. The minimum absolute atomic E-state index is 0.111. The second-order valence-electron chi connectivity index (χ2n) is 7.69. The van der Waals surface area contributed by atoms with Crippen LogP contribution in [0, 0.1) is 0 Å². The summed E-state index contributed by atoms with van der Waals surface area (Å²) in [6.07, 6.45) is -0.646. The van der Waals surface area contributed by atoms with Gasteiger partial charge in [-0.1, -0.05) is 47.7 Å². The predicted octanol–water partition coefficient (Wildman–Crippen LogP) is 4.01. The third kappa shape index (κ3) is 5.73. The molecule has 1 aromatic heterocycles. The number of carbonyl (C=O) groups is 3. The molecule has 0 bridgehead atoms. The number of nitrogens with zero attached hydrogens (tertiary/aromatic N) is 3. The summed E-state index contributed by atoms with van der Waals surface area (Å²) in [4.78, 5) is 37.0. The van der Waals surface area contributed by atoms with Crippen LogP contribution < -0.4 is 10.1 Å². The third-order valence-corrected chi connectivity index (χ3v) is 5.25. The Morgan fingerprint density at radius 1 is 0.917 bits per heavy atom. The molecule has 3 aromatic carbocycles. The number of hydrogen-bond donors (Lipinski definition) is 2. The van der Waals surface area contributed by atoms with Gasteiger partial charge in [-0.25, -0.2) is 14.3 Å². The van der Waals surface area contributed by atoms with E-state index in [9.17, 15) is 19.5 Å². The number of rotatable bonds is 9. The van der Waals surface area contributed by atoms with Gasteiger partial charge in [0.1, 0.15) is 12.4 Å². The third-order valence-electron chi connectivity index (χ3n) is 5.25. The standard InChI is InChI=1S/C26H22N4O6/c1-35-21-13-7-17(8-14-21)15-30-23(25(32)33)22(28-29-30)24(31)19-9-11-20(12-10-19)27-26(34)36-16-18-5-3-2-4-6-18/h2-14H,15-16H2,1H3,(H,27,34)(H,32,33). The van der Waals surface area contributed by atoms with Gasteiger partial charge >= 0.3 is 12.1 Å². The first-order chi connectivity index (χ1) is 17.4. The van der Waals surface area contributed by atoms with Crippen LogP contribution in [0.2, 0.25) is 0 Å². The second-order valence-corrected chi connectivity index (χ2v) is 7.69. The predicted molar refractivity (Wildman–Crippen MR) is 129 cm³/mol. The summed E-state index contributed by atoms with van der Waals surface area (Å²) in [7, 11) is 1.55. The number of methoxy groups -OCH3 is 1. The smallest absolute Gasteiger partial charge is 0.411 e. The summed E-state index contributed by atoms with van der Waals surface area (Å²) in [6, 6.07) is 22.2. The van der Waals surface area contributed by atoms with Crippen LogP contribution in [-0.4, -0.2) is 45.1 Å². The maximum Gasteiger partial charge on any atom is 0.411 e. The van der Waals surface area contributed by atoms with Crippen molar-refractivity contribution in [2.75, 3.05) is 12.4 Å². The van der Waals surface area contributed by atoms with Crippen molar-refractivity contribution < 1.29 is 29.0 Å². The van der Waals surface area contributed by atoms with Crippen molar-refractivity contribution in [3.63, 3.8) is 0 Å². The molecule has 10 heteroatoms. The molecule has 4 rings (SSSR count). The van der Waals surface area contributed by atoms with Gasteiger partial charge in [0.05, 0.1) is 13.7 Å². The molecule has 0 saturated heterocycles. The number of hydrogen-bond acceptors (Lipinski definition) is 7. The van der Waals surface area contributed by atoms with E-state index in [0.29, 0.717) is 11.4 Å². The van der Waals surface area contributed by atoms with Gasteiger partial charge in [0.15, 0.2) is 11.4 Å². The molecule has 182 valence electrons. The zero-order chi connectivity index (χ0) is 25.5. The Morgan fingerprint density at radius 3 is 2.25 bits per heavy atom. The number of amides is 1. The fourth-order valence-corrected chi connectivity index (χ4v) is 3.41. The number of aromatic nitrogens is 3. The van der Waals surface area contributed by atoms with Crippen molar-refractivity contribution in [2.24, 2.45) is 0 Å². The number of ether oxygens (including phenoxy) is 2. The normalized spacial score (nSPS) is 10.5. The molecule has 1 amide bonds. The van der Waals surface area contributed by atoms with Crippen LogP contribution in [0.3, 0.4) is 0 Å². The van der Waals surface area contributed by atoms with Crippen LogP contribution >= 0.6 is 0 Å². The van der Waals surface area contributed by atoms with Crippen LogP contribution in [-0.2, 0) is 17.9 Å². The van der Waals surface area contributed by atoms with E-state index in [1.54, 1.807) is 31.4 Å². The Labute approximate surface area is 206 Å². The molecule has 0 aliphatic heterocycles. The number of anilines is 1. The molecular weight excluding hydrogens is 464 g/mol. The van der Waals surface area contributed by atoms with E-state index in [0.717, 1.165) is 15.8 Å². The number of benzene rings is 3. The summed E-state index contributed by atoms with van der Waals surface area (Å²) in [5, 5.41) is 20.0. The summed E-state index contributed by atoms with van der Waals surface area (Å²) in [5.41, 5.74) is 1.62. The molecule has 10 nitrogen and oxygen atoms in total. The van der Waals surface area contributed by atoms with E-state index in [-0.39, 0.29) is 30.1 Å². The van der Waals surface area contributed by atoms with Crippen LogP contribution in [0.25, 0.3) is 0 Å². The van der Waals surface area contributed by atoms with Crippen molar-refractivity contribution in [3.05, 3.63) is 107 Å². The Kier molecular flexibility index (Phi) is 7.35. The van der Waals surface area contributed by atoms with E-state index >= 15 is 0 Å². The van der Waals surface area contributed by atoms with Gasteiger partial charge in [0, 0.05) is 11.3 Å². The highest BCUT2D eigenvalue weighted by Gasteiger charge is 2.26. The van der Waals surface area contributed by atoms with Crippen molar-refractivity contribution >= 4 is 23.5 Å². The molecule has 0 fully saturated rings. The molecule has 0 saturated carbocycles. The Bertz CT molecular complexity index is 1370. The van der Waals surface area contributed by atoms with Gasteiger partial charge in [0.2, 0.25) is 5.78 Å². The first-order valence-corrected chi connectivity index (χ1v) is 10.9. The first-order valence-electron chi connectivity index (χ1n) is 10.9. The van der Waals surface area contributed by atoms with Gasteiger partial charge in [-0.15, -0.1) is 5.10 Å². The lowest BCUT2D eigenvalue weighted by molar-refractivity contribution is 0.0679. The molecule has 36 heavy (non-hydrogen) atoms. The highest BCUT2D eigenvalue weighted by Crippen LogP contribution is 2.18.